The fourth-order valence-electron chi connectivity index (χ4n) is 6.32. The van der Waals surface area contributed by atoms with Gasteiger partial charge >= 0.3 is 12.1 Å². The molecule has 0 fully saturated rings. The molecule has 4 rings (SSSR count). The summed E-state index contributed by atoms with van der Waals surface area (Å²) in [5.74, 6) is -2.55. The number of methoxy groups -OCH3 is 1. The summed E-state index contributed by atoms with van der Waals surface area (Å²) in [6.45, 7) is 8.93. The van der Waals surface area contributed by atoms with E-state index in [2.05, 4.69) is 29.1 Å². The van der Waals surface area contributed by atoms with E-state index in [1.54, 1.807) is 43.3 Å². The van der Waals surface area contributed by atoms with Crippen molar-refractivity contribution in [3.63, 3.8) is 0 Å². The molecule has 0 saturated heterocycles. The molecule has 5 atom stereocenters. The lowest BCUT2D eigenvalue weighted by Gasteiger charge is -2.30. The normalized spacial score (nSPS) is 14.7. The molecule has 0 aromatic heterocycles. The second-order valence-corrected chi connectivity index (χ2v) is 12.8. The first-order chi connectivity index (χ1) is 25.2. The maximum absolute atomic E-state index is 13.9. The number of alkyl carbamates (subject to hydrolysis) is 1. The third-order valence-corrected chi connectivity index (χ3v) is 8.93. The predicted octanol–water partition coefficient (Wildman–Crippen LogP) is 5.36. The van der Waals surface area contributed by atoms with E-state index in [1.165, 1.54) is 7.11 Å². The Morgan fingerprint density at radius 1 is 0.865 bits per heavy atom. The molecule has 4 N–H and O–H groups in total. The molecule has 0 saturated carbocycles. The fourth-order valence-corrected chi connectivity index (χ4v) is 6.32. The van der Waals surface area contributed by atoms with Gasteiger partial charge in [0.15, 0.2) is 0 Å². The quantitative estimate of drug-likeness (QED) is 0.0904. The summed E-state index contributed by atoms with van der Waals surface area (Å²) in [5.41, 5.74) is 4.90. The van der Waals surface area contributed by atoms with Crippen LogP contribution in [0.4, 0.5) is 4.79 Å². The molecule has 1 aliphatic rings. The summed E-state index contributed by atoms with van der Waals surface area (Å²) in [6.07, 6.45) is 2.04. The van der Waals surface area contributed by atoms with Crippen LogP contribution in [0.1, 0.15) is 61.3 Å². The molecule has 11 nitrogen and oxygen atoms in total. The molecular formula is C41H49N3O8. The third kappa shape index (κ3) is 10.6. The zero-order valence-corrected chi connectivity index (χ0v) is 29.8. The number of benzene rings is 3. The highest BCUT2D eigenvalue weighted by molar-refractivity contribution is 5.86. The van der Waals surface area contributed by atoms with E-state index in [1.807, 2.05) is 54.6 Å². The minimum Gasteiger partial charge on any atom is -0.454 e. The number of carbonyl (C=O) groups is 4. The molecule has 5 unspecified atom stereocenters. The summed E-state index contributed by atoms with van der Waals surface area (Å²) in [6, 6.07) is 22.5. The molecule has 0 bridgehead atoms. The Kier molecular flexibility index (Phi) is 15.2. The molecule has 3 aromatic carbocycles. The number of ether oxygens (including phenoxy) is 3. The number of aliphatic hydroxyl groups is 1. The highest BCUT2D eigenvalue weighted by atomic mass is 16.6. The monoisotopic (exact) mass is 711 g/mol. The van der Waals surface area contributed by atoms with Crippen LogP contribution in [0.5, 0.6) is 0 Å². The first-order valence-electron chi connectivity index (χ1n) is 17.5. The van der Waals surface area contributed by atoms with Crippen LogP contribution in [0.25, 0.3) is 11.1 Å². The van der Waals surface area contributed by atoms with Gasteiger partial charge in [-0.05, 0) is 54.0 Å². The first kappa shape index (κ1) is 39.5. The molecule has 1 aliphatic carbocycles. The smallest absolute Gasteiger partial charge is 0.407 e. The molecule has 0 aliphatic heterocycles. The Labute approximate surface area is 305 Å². The number of nitrogens with one attached hydrogen (secondary N) is 3. The van der Waals surface area contributed by atoms with Gasteiger partial charge in [-0.2, -0.15) is 0 Å². The van der Waals surface area contributed by atoms with Gasteiger partial charge in [-0.1, -0.05) is 91.0 Å². The number of rotatable bonds is 20. The number of carbonyl (C=O) groups excluding carboxylic acids is 4. The van der Waals surface area contributed by atoms with Crippen molar-refractivity contribution in [2.24, 2.45) is 5.92 Å². The van der Waals surface area contributed by atoms with Crippen molar-refractivity contribution in [1.82, 2.24) is 16.0 Å². The molecule has 0 spiro atoms. The SMILES string of the molecule is C=CCCC(NC(=O)OCC1c2ccccc2-c2ccccc21)C(=O)OC(c1ccccc1)C(COC)NC(=O)C(CC=C)CC(=O)NC(C)CO. The van der Waals surface area contributed by atoms with Gasteiger partial charge in [0.2, 0.25) is 11.8 Å². The van der Waals surface area contributed by atoms with E-state index in [0.29, 0.717) is 12.0 Å². The maximum atomic E-state index is 13.9. The van der Waals surface area contributed by atoms with Crippen LogP contribution in [-0.4, -0.2) is 74.0 Å². The lowest BCUT2D eigenvalue weighted by molar-refractivity contribution is -0.155. The van der Waals surface area contributed by atoms with E-state index in [0.717, 1.165) is 22.3 Å². The Morgan fingerprint density at radius 3 is 2.10 bits per heavy atom. The lowest BCUT2D eigenvalue weighted by Crippen LogP contribution is -2.49. The van der Waals surface area contributed by atoms with E-state index in [4.69, 9.17) is 14.2 Å². The van der Waals surface area contributed by atoms with Crippen LogP contribution in [0.3, 0.4) is 0 Å². The van der Waals surface area contributed by atoms with Crippen molar-refractivity contribution in [3.05, 3.63) is 121 Å². The number of amides is 3. The van der Waals surface area contributed by atoms with Gasteiger partial charge in [0.05, 0.1) is 25.2 Å². The van der Waals surface area contributed by atoms with Crippen LogP contribution in [-0.2, 0) is 28.6 Å². The van der Waals surface area contributed by atoms with Gasteiger partial charge in [0.25, 0.3) is 0 Å². The Bertz CT molecular complexity index is 1630. The summed E-state index contributed by atoms with van der Waals surface area (Å²) >= 11 is 0. The molecule has 3 aromatic rings. The fraction of sp³-hybridized carbons (Fsp3) is 0.366. The van der Waals surface area contributed by atoms with E-state index >= 15 is 0 Å². The van der Waals surface area contributed by atoms with Crippen molar-refractivity contribution in [2.75, 3.05) is 26.9 Å². The van der Waals surface area contributed by atoms with E-state index in [9.17, 15) is 24.3 Å². The Hall–Kier alpha value is -5.26. The number of esters is 1. The third-order valence-electron chi connectivity index (χ3n) is 8.93. The van der Waals surface area contributed by atoms with Gasteiger partial charge in [-0.15, -0.1) is 13.2 Å². The van der Waals surface area contributed by atoms with Crippen LogP contribution in [0.15, 0.2) is 104 Å². The highest BCUT2D eigenvalue weighted by Crippen LogP contribution is 2.44. The predicted molar refractivity (Wildman–Crippen MR) is 198 cm³/mol. The largest absolute Gasteiger partial charge is 0.454 e. The molecule has 3 amide bonds. The number of hydrogen-bond donors (Lipinski definition) is 4. The summed E-state index contributed by atoms with van der Waals surface area (Å²) in [7, 11) is 1.46. The zero-order chi connectivity index (χ0) is 37.5. The van der Waals surface area contributed by atoms with Gasteiger partial charge in [0, 0.05) is 25.5 Å². The van der Waals surface area contributed by atoms with Crippen molar-refractivity contribution in [2.45, 2.75) is 62.8 Å². The van der Waals surface area contributed by atoms with Crippen LogP contribution in [0, 0.1) is 5.92 Å². The van der Waals surface area contributed by atoms with Gasteiger partial charge in [-0.25, -0.2) is 9.59 Å². The number of hydrogen-bond acceptors (Lipinski definition) is 8. The van der Waals surface area contributed by atoms with Crippen molar-refractivity contribution in [3.8, 4) is 11.1 Å². The van der Waals surface area contributed by atoms with E-state index in [-0.39, 0.29) is 45.0 Å². The minimum absolute atomic E-state index is 0.0374. The lowest BCUT2D eigenvalue weighted by atomic mass is 9.97. The summed E-state index contributed by atoms with van der Waals surface area (Å²) in [5, 5.41) is 17.6. The van der Waals surface area contributed by atoms with Crippen molar-refractivity contribution in [1.29, 1.82) is 0 Å². The second-order valence-electron chi connectivity index (χ2n) is 12.8. The summed E-state index contributed by atoms with van der Waals surface area (Å²) in [4.78, 5) is 53.4. The molecule has 276 valence electrons. The maximum Gasteiger partial charge on any atom is 0.407 e. The summed E-state index contributed by atoms with van der Waals surface area (Å²) < 4.78 is 17.3. The molecule has 0 radical (unpaired) electrons. The van der Waals surface area contributed by atoms with Gasteiger partial charge < -0.3 is 35.3 Å². The molecule has 11 heteroatoms. The zero-order valence-electron chi connectivity index (χ0n) is 29.8. The van der Waals surface area contributed by atoms with Crippen LogP contribution in [0.2, 0.25) is 0 Å². The standard InChI is InChI=1S/C41H49N3O8/c1-5-7-22-35(44-41(49)51-25-34-32-20-13-11-18-30(32)31-19-12-14-21-33(31)34)40(48)52-38(28-16-9-8-10-17-28)36(26-50-4)43-39(47)29(15-6-2)23-37(46)42-27(3)24-45/h5-6,8-14,16-21,27,29,34-36,38,45H,1-2,7,15,22-26H2,3-4H3,(H,42,46)(H,43,47)(H,44,49). The van der Waals surface area contributed by atoms with Crippen molar-refractivity contribution >= 4 is 23.9 Å². The topological polar surface area (TPSA) is 152 Å². The highest BCUT2D eigenvalue weighted by Gasteiger charge is 2.35. The van der Waals surface area contributed by atoms with Gasteiger partial charge in [0.1, 0.15) is 18.8 Å². The first-order valence-corrected chi connectivity index (χ1v) is 17.5. The average molecular weight is 712 g/mol. The number of allylic oxidation sites excluding steroid dienone is 2. The second kappa shape index (κ2) is 20.0. The molecule has 52 heavy (non-hydrogen) atoms. The van der Waals surface area contributed by atoms with Crippen molar-refractivity contribution < 1.29 is 38.5 Å². The molecular weight excluding hydrogens is 662 g/mol. The van der Waals surface area contributed by atoms with E-state index < -0.39 is 54.0 Å². The van der Waals surface area contributed by atoms with Crippen LogP contribution >= 0.6 is 0 Å². The molecule has 0 heterocycles. The number of aliphatic hydroxyl groups excluding tert-OH is 1. The minimum atomic E-state index is -1.09. The average Bonchev–Trinajstić information content (AvgIpc) is 3.47. The van der Waals surface area contributed by atoms with Crippen LogP contribution < -0.4 is 16.0 Å². The Balaban J connectivity index is 1.50. The number of fused-ring (bicyclic) bond motifs is 3. The Morgan fingerprint density at radius 2 is 1.50 bits per heavy atom. The van der Waals surface area contributed by atoms with Gasteiger partial charge in [-0.3, -0.25) is 9.59 Å².